The lowest BCUT2D eigenvalue weighted by atomic mass is 10.2. The largest absolute Gasteiger partial charge is 0.370 e. The molecule has 0 saturated heterocycles. The van der Waals surface area contributed by atoms with Crippen LogP contribution in [0.3, 0.4) is 0 Å². The Morgan fingerprint density at radius 3 is 2.70 bits per heavy atom. The third-order valence-electron chi connectivity index (χ3n) is 3.45. The molecule has 2 rings (SSSR count). The number of aromatic nitrogens is 1. The van der Waals surface area contributed by atoms with Crippen LogP contribution in [0.2, 0.25) is 0 Å². The second-order valence-corrected chi connectivity index (χ2v) is 4.90. The first-order valence-corrected chi connectivity index (χ1v) is 7.21. The van der Waals surface area contributed by atoms with E-state index in [1.54, 1.807) is 6.20 Å². The molecule has 1 N–H and O–H groups in total. The molecule has 0 aliphatic heterocycles. The van der Waals surface area contributed by atoms with E-state index in [0.29, 0.717) is 0 Å². The lowest BCUT2D eigenvalue weighted by Gasteiger charge is -2.25. The van der Waals surface area contributed by atoms with Crippen molar-refractivity contribution in [1.29, 1.82) is 0 Å². The third kappa shape index (κ3) is 4.07. The lowest BCUT2D eigenvalue weighted by molar-refractivity contribution is 0.663. The second-order valence-electron chi connectivity index (χ2n) is 4.90. The van der Waals surface area contributed by atoms with Crippen LogP contribution in [-0.4, -0.2) is 24.6 Å². The molecule has 0 spiro atoms. The Kier molecular flexibility index (Phi) is 5.56. The molecule has 3 nitrogen and oxygen atoms in total. The van der Waals surface area contributed by atoms with Gasteiger partial charge in [-0.05, 0) is 37.1 Å². The second kappa shape index (κ2) is 7.65. The highest BCUT2D eigenvalue weighted by atomic mass is 15.1. The number of benzene rings is 1. The van der Waals surface area contributed by atoms with E-state index >= 15 is 0 Å². The number of aryl methyl sites for hydroxylation is 1. The molecule has 20 heavy (non-hydrogen) atoms. The van der Waals surface area contributed by atoms with E-state index in [2.05, 4.69) is 59.4 Å². The van der Waals surface area contributed by atoms with Crippen LogP contribution in [-0.2, 0) is 6.54 Å². The van der Waals surface area contributed by atoms with Gasteiger partial charge in [0.05, 0.1) is 0 Å². The molecule has 0 aliphatic rings. The van der Waals surface area contributed by atoms with Crippen molar-refractivity contribution in [1.82, 2.24) is 10.3 Å². The van der Waals surface area contributed by atoms with E-state index < -0.39 is 0 Å². The topological polar surface area (TPSA) is 28.2 Å². The quantitative estimate of drug-likeness (QED) is 0.783. The van der Waals surface area contributed by atoms with Crippen molar-refractivity contribution < 1.29 is 0 Å². The number of hydrogen-bond donors (Lipinski definition) is 1. The number of likely N-dealkylation sites (N-methyl/N-ethyl adjacent to an activating group) is 1. The molecule has 1 aromatic heterocycles. The molecule has 0 saturated carbocycles. The van der Waals surface area contributed by atoms with Gasteiger partial charge in [0.15, 0.2) is 0 Å². The molecule has 0 bridgehead atoms. The number of para-hydroxylation sites is 1. The van der Waals surface area contributed by atoms with Crippen LogP contribution in [0.1, 0.15) is 18.1 Å². The number of nitrogens with zero attached hydrogens (tertiary/aromatic N) is 2. The van der Waals surface area contributed by atoms with Gasteiger partial charge in [0.1, 0.15) is 0 Å². The molecule has 0 amide bonds. The van der Waals surface area contributed by atoms with Crippen molar-refractivity contribution in [3.63, 3.8) is 0 Å². The fraction of sp³-hybridized carbons (Fsp3) is 0.353. The summed E-state index contributed by atoms with van der Waals surface area (Å²) >= 11 is 0. The summed E-state index contributed by atoms with van der Waals surface area (Å²) in [5, 5.41) is 3.47. The Bertz CT molecular complexity index is 511. The van der Waals surface area contributed by atoms with Crippen molar-refractivity contribution in [3.05, 3.63) is 59.9 Å². The van der Waals surface area contributed by atoms with Gasteiger partial charge in [-0.1, -0.05) is 24.3 Å². The minimum Gasteiger partial charge on any atom is -0.370 e. The first-order chi connectivity index (χ1) is 9.81. The summed E-state index contributed by atoms with van der Waals surface area (Å²) in [6.07, 6.45) is 3.71. The molecule has 0 unspecified atom stereocenters. The molecule has 1 aromatic carbocycles. The van der Waals surface area contributed by atoms with E-state index in [-0.39, 0.29) is 0 Å². The summed E-state index contributed by atoms with van der Waals surface area (Å²) in [7, 11) is 0. The van der Waals surface area contributed by atoms with Gasteiger partial charge in [-0.3, -0.25) is 4.98 Å². The summed E-state index contributed by atoms with van der Waals surface area (Å²) in [5.41, 5.74) is 3.89. The Morgan fingerprint density at radius 2 is 2.00 bits per heavy atom. The maximum absolute atomic E-state index is 4.12. The Morgan fingerprint density at radius 1 is 1.15 bits per heavy atom. The zero-order chi connectivity index (χ0) is 14.2. The predicted molar refractivity (Wildman–Crippen MR) is 85.0 cm³/mol. The Labute approximate surface area is 121 Å². The molecule has 0 atom stereocenters. The van der Waals surface area contributed by atoms with E-state index in [9.17, 15) is 0 Å². The van der Waals surface area contributed by atoms with E-state index in [1.165, 1.54) is 16.8 Å². The van der Waals surface area contributed by atoms with Gasteiger partial charge in [-0.15, -0.1) is 0 Å². The van der Waals surface area contributed by atoms with Gasteiger partial charge in [0, 0.05) is 44.3 Å². The van der Waals surface area contributed by atoms with Crippen molar-refractivity contribution in [3.8, 4) is 0 Å². The molecule has 0 radical (unpaired) electrons. The summed E-state index contributed by atoms with van der Waals surface area (Å²) in [5.74, 6) is 0. The highest BCUT2D eigenvalue weighted by Crippen LogP contribution is 2.18. The van der Waals surface area contributed by atoms with Crippen molar-refractivity contribution in [2.24, 2.45) is 0 Å². The fourth-order valence-corrected chi connectivity index (χ4v) is 2.32. The number of nitrogens with one attached hydrogen (secondary N) is 1. The van der Waals surface area contributed by atoms with Crippen molar-refractivity contribution in [2.75, 3.05) is 24.5 Å². The number of rotatable bonds is 7. The summed E-state index contributed by atoms with van der Waals surface area (Å²) in [4.78, 5) is 6.53. The molecular weight excluding hydrogens is 246 g/mol. The zero-order valence-corrected chi connectivity index (χ0v) is 12.3. The minimum atomic E-state index is 0.874. The van der Waals surface area contributed by atoms with Crippen LogP contribution in [0.15, 0.2) is 48.8 Å². The lowest BCUT2D eigenvalue weighted by Crippen LogP contribution is -2.32. The normalized spacial score (nSPS) is 10.5. The van der Waals surface area contributed by atoms with Crippen LogP contribution in [0.5, 0.6) is 0 Å². The Hall–Kier alpha value is -1.87. The first-order valence-electron chi connectivity index (χ1n) is 7.21. The van der Waals surface area contributed by atoms with E-state index in [1.807, 2.05) is 12.3 Å². The average Bonchev–Trinajstić information content (AvgIpc) is 2.50. The van der Waals surface area contributed by atoms with Crippen LogP contribution in [0.25, 0.3) is 0 Å². The molecular formula is C17H23N3. The van der Waals surface area contributed by atoms with E-state index in [0.717, 1.165) is 26.2 Å². The monoisotopic (exact) mass is 269 g/mol. The van der Waals surface area contributed by atoms with Gasteiger partial charge < -0.3 is 10.2 Å². The Balaban J connectivity index is 1.81. The number of anilines is 1. The molecule has 0 aliphatic carbocycles. The molecule has 2 aromatic rings. The van der Waals surface area contributed by atoms with Gasteiger partial charge in [0.2, 0.25) is 0 Å². The zero-order valence-electron chi connectivity index (χ0n) is 12.3. The highest BCUT2D eigenvalue weighted by molar-refractivity contribution is 5.52. The summed E-state index contributed by atoms with van der Waals surface area (Å²) in [6.45, 7) is 8.26. The van der Waals surface area contributed by atoms with Crippen LogP contribution >= 0.6 is 0 Å². The minimum absolute atomic E-state index is 0.874. The standard InChI is InChI=1S/C17H23N3/c1-3-20(17-9-5-4-7-15(17)2)12-11-19-14-16-8-6-10-18-13-16/h4-10,13,19H,3,11-12,14H2,1-2H3. The van der Waals surface area contributed by atoms with Gasteiger partial charge >= 0.3 is 0 Å². The smallest absolute Gasteiger partial charge is 0.0396 e. The van der Waals surface area contributed by atoms with Crippen LogP contribution < -0.4 is 10.2 Å². The van der Waals surface area contributed by atoms with Gasteiger partial charge in [-0.25, -0.2) is 0 Å². The van der Waals surface area contributed by atoms with Crippen LogP contribution in [0, 0.1) is 6.92 Å². The fourth-order valence-electron chi connectivity index (χ4n) is 2.32. The first kappa shape index (κ1) is 14.5. The SMILES string of the molecule is CCN(CCNCc1cccnc1)c1ccccc1C. The molecule has 1 heterocycles. The predicted octanol–water partition coefficient (Wildman–Crippen LogP) is 3.01. The molecule has 106 valence electrons. The highest BCUT2D eigenvalue weighted by Gasteiger charge is 2.05. The van der Waals surface area contributed by atoms with Gasteiger partial charge in [0.25, 0.3) is 0 Å². The third-order valence-corrected chi connectivity index (χ3v) is 3.45. The number of hydrogen-bond acceptors (Lipinski definition) is 3. The maximum atomic E-state index is 4.12. The molecule has 0 fully saturated rings. The van der Waals surface area contributed by atoms with Crippen LogP contribution in [0.4, 0.5) is 5.69 Å². The summed E-state index contributed by atoms with van der Waals surface area (Å²) in [6, 6.07) is 12.6. The van der Waals surface area contributed by atoms with Crippen molar-refractivity contribution >= 4 is 5.69 Å². The summed E-state index contributed by atoms with van der Waals surface area (Å²) < 4.78 is 0. The number of pyridine rings is 1. The maximum Gasteiger partial charge on any atom is 0.0396 e. The van der Waals surface area contributed by atoms with E-state index in [4.69, 9.17) is 0 Å². The molecule has 3 heteroatoms. The average molecular weight is 269 g/mol. The van der Waals surface area contributed by atoms with Gasteiger partial charge in [-0.2, -0.15) is 0 Å². The van der Waals surface area contributed by atoms with Crippen molar-refractivity contribution in [2.45, 2.75) is 20.4 Å².